The molecule has 0 atom stereocenters. The first-order valence-electron chi connectivity index (χ1n) is 9.94. The Bertz CT molecular complexity index is 872. The predicted octanol–water partition coefficient (Wildman–Crippen LogP) is 5.23. The predicted molar refractivity (Wildman–Crippen MR) is 116 cm³/mol. The molecule has 6 heteroatoms. The molecule has 0 aliphatic heterocycles. The lowest BCUT2D eigenvalue weighted by Gasteiger charge is -2.17. The molecule has 156 valence electrons. The van der Waals surface area contributed by atoms with Gasteiger partial charge in [0.1, 0.15) is 5.75 Å². The van der Waals surface area contributed by atoms with Crippen LogP contribution in [0.15, 0.2) is 36.4 Å². The van der Waals surface area contributed by atoms with Crippen LogP contribution in [-0.2, 0) is 0 Å². The minimum atomic E-state index is -0.572. The highest BCUT2D eigenvalue weighted by molar-refractivity contribution is 5.99. The fraction of sp³-hybridized carbons (Fsp3) is 0.391. The monoisotopic (exact) mass is 397 g/mol. The maximum atomic E-state index is 12.6. The van der Waals surface area contributed by atoms with Gasteiger partial charge >= 0.3 is 6.03 Å². The minimum absolute atomic E-state index is 0.0605. The van der Waals surface area contributed by atoms with Crippen LogP contribution in [0.25, 0.3) is 0 Å². The van der Waals surface area contributed by atoms with Crippen molar-refractivity contribution < 1.29 is 14.7 Å². The highest BCUT2D eigenvalue weighted by Crippen LogP contribution is 2.33. The van der Waals surface area contributed by atoms with E-state index in [2.05, 4.69) is 30.0 Å². The Balaban J connectivity index is 2.07. The zero-order valence-electron chi connectivity index (χ0n) is 18.0. The largest absolute Gasteiger partial charge is 0.507 e. The lowest BCUT2D eigenvalue weighted by molar-refractivity contribution is 0.0935. The summed E-state index contributed by atoms with van der Waals surface area (Å²) in [7, 11) is 0. The van der Waals surface area contributed by atoms with Crippen molar-refractivity contribution in [3.8, 4) is 5.75 Å². The fourth-order valence-corrected chi connectivity index (χ4v) is 2.92. The zero-order chi connectivity index (χ0) is 21.7. The van der Waals surface area contributed by atoms with Crippen LogP contribution in [0.5, 0.6) is 5.75 Å². The first-order chi connectivity index (χ1) is 13.6. The van der Waals surface area contributed by atoms with Gasteiger partial charge in [-0.25, -0.2) is 10.2 Å². The van der Waals surface area contributed by atoms with Gasteiger partial charge in [0.05, 0.1) is 5.56 Å². The van der Waals surface area contributed by atoms with E-state index in [1.54, 1.807) is 6.07 Å². The number of phenolic OH excluding ortho intramolecular Hbond substituents is 1. The number of aromatic hydroxyl groups is 1. The van der Waals surface area contributed by atoms with Gasteiger partial charge in [0.25, 0.3) is 5.91 Å². The summed E-state index contributed by atoms with van der Waals surface area (Å²) in [6, 6.07) is 10.5. The maximum Gasteiger partial charge on any atom is 0.337 e. The van der Waals surface area contributed by atoms with Gasteiger partial charge in [-0.3, -0.25) is 10.2 Å². The number of hydrogen-bond acceptors (Lipinski definition) is 3. The van der Waals surface area contributed by atoms with E-state index in [1.165, 1.54) is 5.56 Å². The van der Waals surface area contributed by atoms with Gasteiger partial charge in [-0.1, -0.05) is 59.7 Å². The quantitative estimate of drug-likeness (QED) is 0.521. The summed E-state index contributed by atoms with van der Waals surface area (Å²) >= 11 is 0. The van der Waals surface area contributed by atoms with Crippen molar-refractivity contribution in [3.63, 3.8) is 0 Å². The number of carbonyl (C=O) groups is 2. The van der Waals surface area contributed by atoms with Gasteiger partial charge in [-0.15, -0.1) is 0 Å². The number of nitrogens with one attached hydrogen (secondary N) is 3. The summed E-state index contributed by atoms with van der Waals surface area (Å²) < 4.78 is 0. The van der Waals surface area contributed by atoms with Crippen molar-refractivity contribution in [1.82, 2.24) is 10.9 Å². The number of urea groups is 1. The maximum absolute atomic E-state index is 12.6. The minimum Gasteiger partial charge on any atom is -0.507 e. The third-order valence-corrected chi connectivity index (χ3v) is 4.82. The topological polar surface area (TPSA) is 90.5 Å². The molecule has 2 rings (SSSR count). The number of benzene rings is 2. The number of phenols is 1. The molecule has 0 unspecified atom stereocenters. The Labute approximate surface area is 172 Å². The Kier molecular flexibility index (Phi) is 7.26. The molecular formula is C23H31N3O3. The molecule has 6 nitrogen and oxygen atoms in total. The van der Waals surface area contributed by atoms with Gasteiger partial charge in [-0.2, -0.15) is 0 Å². The Morgan fingerprint density at radius 2 is 1.38 bits per heavy atom. The molecule has 0 aliphatic rings. The second-order valence-corrected chi connectivity index (χ2v) is 8.13. The lowest BCUT2D eigenvalue weighted by atomic mass is 9.92. The van der Waals surface area contributed by atoms with Crippen LogP contribution in [0.2, 0.25) is 0 Å². The first-order valence-corrected chi connectivity index (χ1v) is 9.94. The van der Waals surface area contributed by atoms with Crippen molar-refractivity contribution in [1.29, 1.82) is 0 Å². The molecule has 3 amide bonds. The zero-order valence-corrected chi connectivity index (χ0v) is 18.0. The van der Waals surface area contributed by atoms with Crippen LogP contribution in [0.3, 0.4) is 0 Å². The van der Waals surface area contributed by atoms with Crippen LogP contribution in [-0.4, -0.2) is 17.0 Å². The third-order valence-electron chi connectivity index (χ3n) is 4.82. The molecule has 0 bridgehead atoms. The summed E-state index contributed by atoms with van der Waals surface area (Å²) in [6.45, 7) is 12.1. The van der Waals surface area contributed by atoms with Crippen molar-refractivity contribution in [2.24, 2.45) is 0 Å². The normalized spacial score (nSPS) is 11.1. The van der Waals surface area contributed by atoms with E-state index in [1.807, 2.05) is 58.0 Å². The van der Waals surface area contributed by atoms with Crippen LogP contribution in [0, 0.1) is 0 Å². The first kappa shape index (κ1) is 22.3. The molecule has 0 saturated heterocycles. The number of hydrogen-bond donors (Lipinski definition) is 4. The van der Waals surface area contributed by atoms with Crippen molar-refractivity contribution in [2.45, 2.75) is 59.3 Å². The van der Waals surface area contributed by atoms with Crippen molar-refractivity contribution >= 4 is 17.6 Å². The third kappa shape index (κ3) is 5.73. The summed E-state index contributed by atoms with van der Waals surface area (Å²) in [5, 5.41) is 13.2. The van der Waals surface area contributed by atoms with E-state index in [4.69, 9.17) is 0 Å². The number of anilines is 1. The Morgan fingerprint density at radius 1 is 0.793 bits per heavy atom. The molecule has 0 aromatic heterocycles. The van der Waals surface area contributed by atoms with Gasteiger partial charge in [-0.05, 0) is 52.6 Å². The number of amides is 3. The number of hydrazine groups is 1. The van der Waals surface area contributed by atoms with E-state index in [0.29, 0.717) is 17.2 Å². The molecular weight excluding hydrogens is 366 g/mol. The molecule has 29 heavy (non-hydrogen) atoms. The molecule has 0 saturated carbocycles. The average molecular weight is 398 g/mol. The Hall–Kier alpha value is -3.02. The molecule has 2 aromatic rings. The van der Waals surface area contributed by atoms with E-state index >= 15 is 0 Å². The van der Waals surface area contributed by atoms with Crippen LogP contribution in [0.4, 0.5) is 10.5 Å². The molecule has 0 heterocycles. The Morgan fingerprint density at radius 3 is 1.90 bits per heavy atom. The average Bonchev–Trinajstić information content (AvgIpc) is 2.66. The summed E-state index contributed by atoms with van der Waals surface area (Å²) in [5.41, 5.74) is 8.28. The highest BCUT2D eigenvalue weighted by atomic mass is 16.3. The standard InChI is InChI=1S/C23H31N3O3/c1-13(2)16-7-9-18(10-8-16)24-23(29)26-25-22(28)20-12-17(14(3)4)11-19(15(5)6)21(20)27/h7-15,27H,1-6H3,(H,25,28)(H2,24,26,29). The second-order valence-electron chi connectivity index (χ2n) is 8.13. The number of rotatable bonds is 5. The molecule has 0 fully saturated rings. The van der Waals surface area contributed by atoms with E-state index < -0.39 is 11.9 Å². The molecule has 2 aromatic carbocycles. The van der Waals surface area contributed by atoms with Gasteiger partial charge < -0.3 is 10.4 Å². The van der Waals surface area contributed by atoms with Crippen LogP contribution < -0.4 is 16.2 Å². The smallest absolute Gasteiger partial charge is 0.337 e. The molecule has 0 aliphatic carbocycles. The van der Waals surface area contributed by atoms with Gasteiger partial charge in [0, 0.05) is 5.69 Å². The van der Waals surface area contributed by atoms with Gasteiger partial charge in [0.15, 0.2) is 0 Å². The summed E-state index contributed by atoms with van der Waals surface area (Å²) in [6.07, 6.45) is 0. The summed E-state index contributed by atoms with van der Waals surface area (Å²) in [4.78, 5) is 24.7. The molecule has 0 spiro atoms. The lowest BCUT2D eigenvalue weighted by Crippen LogP contribution is -2.44. The van der Waals surface area contributed by atoms with E-state index in [9.17, 15) is 14.7 Å². The van der Waals surface area contributed by atoms with E-state index in [0.717, 1.165) is 5.56 Å². The number of carbonyl (C=O) groups excluding carboxylic acids is 2. The SMILES string of the molecule is CC(C)c1ccc(NC(=O)NNC(=O)c2cc(C(C)C)cc(C(C)C)c2O)cc1. The molecule has 4 N–H and O–H groups in total. The van der Waals surface area contributed by atoms with Crippen molar-refractivity contribution in [3.05, 3.63) is 58.7 Å². The summed E-state index contributed by atoms with van der Waals surface area (Å²) in [5.74, 6) is 0.0304. The van der Waals surface area contributed by atoms with Crippen LogP contribution >= 0.6 is 0 Å². The van der Waals surface area contributed by atoms with Gasteiger partial charge in [0.2, 0.25) is 0 Å². The fourth-order valence-electron chi connectivity index (χ4n) is 2.92. The van der Waals surface area contributed by atoms with E-state index in [-0.39, 0.29) is 23.1 Å². The van der Waals surface area contributed by atoms with Crippen molar-refractivity contribution in [2.75, 3.05) is 5.32 Å². The molecule has 0 radical (unpaired) electrons. The highest BCUT2D eigenvalue weighted by Gasteiger charge is 2.19. The second kappa shape index (κ2) is 9.45. The van der Waals surface area contributed by atoms with Crippen LogP contribution in [0.1, 0.15) is 86.3 Å².